The summed E-state index contributed by atoms with van der Waals surface area (Å²) < 4.78 is 51.4. The van der Waals surface area contributed by atoms with E-state index in [4.69, 9.17) is 17.3 Å². The van der Waals surface area contributed by atoms with Gasteiger partial charge in [-0.1, -0.05) is 17.7 Å². The molecule has 0 saturated heterocycles. The molecule has 2 heterocycles. The van der Waals surface area contributed by atoms with Crippen LogP contribution in [-0.4, -0.2) is 24.3 Å². The predicted molar refractivity (Wildman–Crippen MR) is 72.5 cm³/mol. The number of anilines is 1. The highest BCUT2D eigenvalue weighted by Gasteiger charge is 2.23. The summed E-state index contributed by atoms with van der Waals surface area (Å²) in [6, 6.07) is 4.18. The molecule has 0 radical (unpaired) electrons. The molecule has 0 aliphatic carbocycles. The van der Waals surface area contributed by atoms with E-state index in [0.29, 0.717) is 6.07 Å². The van der Waals surface area contributed by atoms with Crippen molar-refractivity contribution in [3.05, 3.63) is 46.7 Å². The number of rotatable bonds is 3. The number of nitrogens with zero attached hydrogens (tertiary/aromatic N) is 2. The topological polar surface area (TPSA) is 115 Å². The molecule has 0 fully saturated rings. The standard InChI is InChI=1S/C11H7ClF2N4O3S/c12-9-5(4-6(13)10(14)17-9)11(19)18-22(20,21)8-3-1-2-7(15)16-8/h1-4H,(H2,15,16)(H,18,19). The van der Waals surface area contributed by atoms with E-state index in [2.05, 4.69) is 9.97 Å². The maximum atomic E-state index is 13.1. The Hall–Kier alpha value is -2.33. The molecule has 7 nitrogen and oxygen atoms in total. The van der Waals surface area contributed by atoms with Gasteiger partial charge < -0.3 is 5.73 Å². The molecule has 1 amide bonds. The lowest BCUT2D eigenvalue weighted by molar-refractivity contribution is 0.0980. The van der Waals surface area contributed by atoms with Crippen molar-refractivity contribution in [2.75, 3.05) is 5.73 Å². The zero-order valence-corrected chi connectivity index (χ0v) is 12.1. The van der Waals surface area contributed by atoms with Crippen molar-refractivity contribution in [1.82, 2.24) is 14.7 Å². The minimum atomic E-state index is -4.36. The molecular formula is C11H7ClF2N4O3S. The molecule has 3 N–H and O–H groups in total. The normalized spacial score (nSPS) is 11.2. The molecule has 2 rings (SSSR count). The molecule has 2 aromatic heterocycles. The fourth-order valence-electron chi connectivity index (χ4n) is 1.41. The van der Waals surface area contributed by atoms with Gasteiger partial charge in [-0.15, -0.1) is 0 Å². The number of hydrogen-bond acceptors (Lipinski definition) is 6. The summed E-state index contributed by atoms with van der Waals surface area (Å²) in [7, 11) is -4.36. The Morgan fingerprint density at radius 1 is 1.27 bits per heavy atom. The first-order valence-corrected chi connectivity index (χ1v) is 7.38. The predicted octanol–water partition coefficient (Wildman–Crippen LogP) is 1.11. The van der Waals surface area contributed by atoms with Crippen molar-refractivity contribution in [3.8, 4) is 0 Å². The summed E-state index contributed by atoms with van der Waals surface area (Å²) in [5.74, 6) is -4.33. The largest absolute Gasteiger partial charge is 0.384 e. The minimum Gasteiger partial charge on any atom is -0.384 e. The van der Waals surface area contributed by atoms with E-state index in [0.717, 1.165) is 6.07 Å². The third-order valence-corrected chi connectivity index (χ3v) is 3.90. The number of nitrogens with one attached hydrogen (secondary N) is 1. The Bertz CT molecular complexity index is 860. The Labute approximate surface area is 128 Å². The van der Waals surface area contributed by atoms with Gasteiger partial charge in [0.05, 0.1) is 5.56 Å². The van der Waals surface area contributed by atoms with Crippen LogP contribution in [0.1, 0.15) is 10.4 Å². The Morgan fingerprint density at radius 3 is 2.59 bits per heavy atom. The molecule has 0 bridgehead atoms. The fraction of sp³-hybridized carbons (Fsp3) is 0. The smallest absolute Gasteiger partial charge is 0.281 e. The van der Waals surface area contributed by atoms with Gasteiger partial charge in [-0.3, -0.25) is 4.79 Å². The van der Waals surface area contributed by atoms with E-state index in [1.54, 1.807) is 4.72 Å². The second-order valence-corrected chi connectivity index (χ2v) is 5.92. The van der Waals surface area contributed by atoms with Gasteiger partial charge in [-0.2, -0.15) is 12.8 Å². The maximum Gasteiger partial charge on any atom is 0.281 e. The van der Waals surface area contributed by atoms with E-state index >= 15 is 0 Å². The number of sulfonamides is 1. The van der Waals surface area contributed by atoms with Crippen molar-refractivity contribution in [2.24, 2.45) is 0 Å². The van der Waals surface area contributed by atoms with Crippen molar-refractivity contribution in [1.29, 1.82) is 0 Å². The molecule has 0 unspecified atom stereocenters. The van der Waals surface area contributed by atoms with Crippen molar-refractivity contribution in [2.45, 2.75) is 5.03 Å². The lowest BCUT2D eigenvalue weighted by Gasteiger charge is -2.07. The molecule has 11 heteroatoms. The monoisotopic (exact) mass is 348 g/mol. The molecule has 0 atom stereocenters. The second kappa shape index (κ2) is 5.81. The summed E-state index contributed by atoms with van der Waals surface area (Å²) in [5, 5.41) is -1.21. The zero-order chi connectivity index (χ0) is 16.5. The summed E-state index contributed by atoms with van der Waals surface area (Å²) >= 11 is 5.49. The number of amides is 1. The number of nitrogens with two attached hydrogens (primary N) is 1. The fourth-order valence-corrected chi connectivity index (χ4v) is 2.57. The lowest BCUT2D eigenvalue weighted by atomic mass is 10.3. The number of aromatic nitrogens is 2. The number of nitrogen functional groups attached to an aromatic ring is 1. The maximum absolute atomic E-state index is 13.1. The number of halogens is 3. The van der Waals surface area contributed by atoms with Gasteiger partial charge in [0, 0.05) is 0 Å². The molecule has 0 saturated carbocycles. The van der Waals surface area contributed by atoms with E-state index in [9.17, 15) is 22.0 Å². The van der Waals surface area contributed by atoms with E-state index in [1.165, 1.54) is 12.1 Å². The van der Waals surface area contributed by atoms with Crippen LogP contribution in [0.15, 0.2) is 29.3 Å². The van der Waals surface area contributed by atoms with Gasteiger partial charge in [0.25, 0.3) is 15.9 Å². The highest BCUT2D eigenvalue weighted by Crippen LogP contribution is 2.17. The van der Waals surface area contributed by atoms with E-state index in [1.807, 2.05) is 0 Å². The Balaban J connectivity index is 2.34. The van der Waals surface area contributed by atoms with E-state index < -0.39 is 43.4 Å². The molecule has 0 aliphatic rings. The van der Waals surface area contributed by atoms with Crippen molar-refractivity contribution >= 4 is 33.3 Å². The van der Waals surface area contributed by atoms with Crippen molar-refractivity contribution in [3.63, 3.8) is 0 Å². The molecule has 0 aliphatic heterocycles. The molecule has 0 spiro atoms. The van der Waals surface area contributed by atoms with Crippen LogP contribution >= 0.6 is 11.6 Å². The molecule has 116 valence electrons. The highest BCUT2D eigenvalue weighted by atomic mass is 35.5. The van der Waals surface area contributed by atoms with Crippen LogP contribution in [0.2, 0.25) is 5.15 Å². The molecular weight excluding hydrogens is 342 g/mol. The second-order valence-electron chi connectivity index (χ2n) is 3.93. The quantitative estimate of drug-likeness (QED) is 0.803. The highest BCUT2D eigenvalue weighted by molar-refractivity contribution is 7.90. The first-order valence-electron chi connectivity index (χ1n) is 5.52. The zero-order valence-electron chi connectivity index (χ0n) is 10.5. The summed E-state index contributed by atoms with van der Waals surface area (Å²) in [4.78, 5) is 18.3. The van der Waals surface area contributed by atoms with Crippen LogP contribution in [0.25, 0.3) is 0 Å². The first-order chi connectivity index (χ1) is 10.2. The molecule has 2 aromatic rings. The summed E-state index contributed by atoms with van der Waals surface area (Å²) in [5.41, 5.74) is 4.70. The average molecular weight is 349 g/mol. The van der Waals surface area contributed by atoms with Gasteiger partial charge >= 0.3 is 0 Å². The average Bonchev–Trinajstić information content (AvgIpc) is 2.42. The van der Waals surface area contributed by atoms with Gasteiger partial charge in [-0.05, 0) is 18.2 Å². The first kappa shape index (κ1) is 16.0. The minimum absolute atomic E-state index is 0.0807. The number of pyridine rings is 2. The van der Waals surface area contributed by atoms with Crippen LogP contribution in [0.5, 0.6) is 0 Å². The Morgan fingerprint density at radius 2 is 1.95 bits per heavy atom. The van der Waals surface area contributed by atoms with Crippen LogP contribution in [0.4, 0.5) is 14.6 Å². The third kappa shape index (κ3) is 3.28. The molecule has 22 heavy (non-hydrogen) atoms. The summed E-state index contributed by atoms with van der Waals surface area (Å²) in [6.45, 7) is 0. The van der Waals surface area contributed by atoms with Crippen LogP contribution in [0.3, 0.4) is 0 Å². The van der Waals surface area contributed by atoms with Gasteiger partial charge in [-0.25, -0.2) is 19.1 Å². The summed E-state index contributed by atoms with van der Waals surface area (Å²) in [6.07, 6.45) is 0. The van der Waals surface area contributed by atoms with Gasteiger partial charge in [0.1, 0.15) is 11.0 Å². The van der Waals surface area contributed by atoms with Gasteiger partial charge in [0.15, 0.2) is 10.8 Å². The van der Waals surface area contributed by atoms with Crippen LogP contribution in [0, 0.1) is 11.8 Å². The third-order valence-electron chi connectivity index (χ3n) is 2.38. The SMILES string of the molecule is Nc1cccc(S(=O)(=O)NC(=O)c2cc(F)c(F)nc2Cl)n1. The molecule has 0 aromatic carbocycles. The van der Waals surface area contributed by atoms with Crippen molar-refractivity contribution < 1.29 is 22.0 Å². The van der Waals surface area contributed by atoms with Crippen LogP contribution in [-0.2, 0) is 10.0 Å². The number of carbonyl (C=O) groups is 1. The number of carbonyl (C=O) groups excluding carboxylic acids is 1. The van der Waals surface area contributed by atoms with Gasteiger partial charge in [0.2, 0.25) is 5.95 Å². The van der Waals surface area contributed by atoms with E-state index in [-0.39, 0.29) is 5.82 Å². The lowest BCUT2D eigenvalue weighted by Crippen LogP contribution is -2.31. The Kier molecular flexibility index (Phi) is 4.24. The number of hydrogen-bond donors (Lipinski definition) is 2. The van der Waals surface area contributed by atoms with Crippen LogP contribution < -0.4 is 10.5 Å².